The molecule has 4 aromatic rings. The van der Waals surface area contributed by atoms with Crippen molar-refractivity contribution in [1.82, 2.24) is 19.7 Å². The molecule has 0 aliphatic carbocycles. The Morgan fingerprint density at radius 3 is 2.49 bits per heavy atom. The highest BCUT2D eigenvalue weighted by Gasteiger charge is 2.22. The zero-order chi connectivity index (χ0) is 28.3. The van der Waals surface area contributed by atoms with Crippen LogP contribution < -0.4 is 5.32 Å². The number of morpholine rings is 1. The Morgan fingerprint density at radius 2 is 1.76 bits per heavy atom. The van der Waals surface area contributed by atoms with Crippen LogP contribution in [0.4, 0.5) is 16.1 Å². The molecular weight excluding hydrogens is 521 g/mol. The number of benzene rings is 3. The quantitative estimate of drug-likeness (QED) is 0.331. The van der Waals surface area contributed by atoms with Crippen LogP contribution in [0.2, 0.25) is 0 Å². The molecule has 1 amide bonds. The second kappa shape index (κ2) is 12.0. The topological polar surface area (TPSA) is 74.1 Å². The zero-order valence-electron chi connectivity index (χ0n) is 23.7. The fourth-order valence-corrected chi connectivity index (χ4v) is 5.60. The Labute approximate surface area is 239 Å². The average Bonchev–Trinajstić information content (AvgIpc) is 3.41. The molecule has 0 radical (unpaired) electrons. The van der Waals surface area contributed by atoms with E-state index >= 15 is 4.39 Å². The van der Waals surface area contributed by atoms with Gasteiger partial charge in [0.15, 0.2) is 5.58 Å². The number of amides is 1. The van der Waals surface area contributed by atoms with Crippen LogP contribution in [0.15, 0.2) is 59.0 Å². The second-order valence-electron chi connectivity index (χ2n) is 10.7. The van der Waals surface area contributed by atoms with Crippen LogP contribution in [0.25, 0.3) is 22.2 Å². The van der Waals surface area contributed by atoms with Crippen LogP contribution in [-0.4, -0.2) is 84.6 Å². The van der Waals surface area contributed by atoms with Crippen LogP contribution >= 0.6 is 0 Å². The third kappa shape index (κ3) is 5.98. The summed E-state index contributed by atoms with van der Waals surface area (Å²) in [5.74, 6) is -0.876. The van der Waals surface area contributed by atoms with E-state index in [0.717, 1.165) is 45.0 Å². The van der Waals surface area contributed by atoms with Gasteiger partial charge in [-0.2, -0.15) is 4.98 Å². The number of piperazine rings is 1. The number of anilines is 2. The smallest absolute Gasteiger partial charge is 0.300 e. The lowest BCUT2D eigenvalue weighted by Gasteiger charge is -2.34. The average molecular weight is 558 g/mol. The molecule has 0 saturated carbocycles. The maximum absolute atomic E-state index is 15.1. The van der Waals surface area contributed by atoms with E-state index in [1.807, 2.05) is 18.2 Å². The Balaban J connectivity index is 1.18. The van der Waals surface area contributed by atoms with Crippen molar-refractivity contribution in [1.29, 1.82) is 0 Å². The summed E-state index contributed by atoms with van der Waals surface area (Å²) in [7, 11) is 0. The van der Waals surface area contributed by atoms with Crippen molar-refractivity contribution in [2.75, 3.05) is 64.3 Å². The molecule has 0 atom stereocenters. The summed E-state index contributed by atoms with van der Waals surface area (Å²) in [4.78, 5) is 24.1. The molecular formula is C32H36FN5O3. The summed E-state index contributed by atoms with van der Waals surface area (Å²) in [6.07, 6.45) is 0. The first-order valence-electron chi connectivity index (χ1n) is 14.4. The lowest BCUT2D eigenvalue weighted by atomic mass is 10.0. The number of carbonyl (C=O) groups is 1. The molecule has 214 valence electrons. The van der Waals surface area contributed by atoms with E-state index < -0.39 is 5.82 Å². The number of hydrogen-bond donors (Lipinski definition) is 1. The summed E-state index contributed by atoms with van der Waals surface area (Å²) in [5, 5.41) is 3.30. The monoisotopic (exact) mass is 557 g/mol. The molecule has 6 rings (SSSR count). The third-order valence-electron chi connectivity index (χ3n) is 8.12. The van der Waals surface area contributed by atoms with Crippen molar-refractivity contribution in [3.63, 3.8) is 0 Å². The molecule has 2 saturated heterocycles. The number of aryl methyl sites for hydroxylation is 1. The van der Waals surface area contributed by atoms with E-state index in [1.165, 1.54) is 17.2 Å². The molecule has 2 fully saturated rings. The molecule has 3 aromatic carbocycles. The molecule has 41 heavy (non-hydrogen) atoms. The molecule has 1 aromatic heterocycles. The van der Waals surface area contributed by atoms with E-state index in [4.69, 9.17) is 9.15 Å². The third-order valence-corrected chi connectivity index (χ3v) is 8.12. The van der Waals surface area contributed by atoms with Gasteiger partial charge in [0.2, 0.25) is 0 Å². The second-order valence-corrected chi connectivity index (χ2v) is 10.7. The van der Waals surface area contributed by atoms with E-state index in [-0.39, 0.29) is 11.5 Å². The molecule has 2 aliphatic rings. The van der Waals surface area contributed by atoms with Gasteiger partial charge in [0, 0.05) is 57.1 Å². The largest absolute Gasteiger partial charge is 0.423 e. The van der Waals surface area contributed by atoms with Gasteiger partial charge in [-0.15, -0.1) is 0 Å². The van der Waals surface area contributed by atoms with Crippen LogP contribution in [0.5, 0.6) is 0 Å². The van der Waals surface area contributed by atoms with Gasteiger partial charge >= 0.3 is 0 Å². The van der Waals surface area contributed by atoms with Gasteiger partial charge in [-0.05, 0) is 60.5 Å². The summed E-state index contributed by atoms with van der Waals surface area (Å²) >= 11 is 0. The summed E-state index contributed by atoms with van der Waals surface area (Å²) < 4.78 is 26.6. The van der Waals surface area contributed by atoms with Gasteiger partial charge in [0.05, 0.1) is 18.8 Å². The fraction of sp³-hybridized carbons (Fsp3) is 0.375. The summed E-state index contributed by atoms with van der Waals surface area (Å²) in [5.41, 5.74) is 6.04. The lowest BCUT2D eigenvalue weighted by Crippen LogP contribution is -2.45. The predicted molar refractivity (Wildman–Crippen MR) is 158 cm³/mol. The van der Waals surface area contributed by atoms with Crippen molar-refractivity contribution in [2.45, 2.75) is 20.4 Å². The van der Waals surface area contributed by atoms with Crippen molar-refractivity contribution in [2.24, 2.45) is 0 Å². The standard InChI is InChI=1S/C32H36FN5O3/c1-3-36-11-13-37(14-12-36)21-24-7-9-25(19-22(24)2)34-32-35-29-6-4-5-26(30(29)41-32)23-8-10-27(28(33)20-23)31(39)38-15-17-40-18-16-38/h4-10,19-20H,3,11-18,21H2,1-2H3,(H,34,35). The molecule has 8 nitrogen and oxygen atoms in total. The fourth-order valence-electron chi connectivity index (χ4n) is 5.60. The first kappa shape index (κ1) is 27.4. The van der Waals surface area contributed by atoms with Crippen molar-refractivity contribution < 1.29 is 18.3 Å². The number of rotatable bonds is 7. The normalized spacial score (nSPS) is 16.8. The number of aromatic nitrogens is 1. The summed E-state index contributed by atoms with van der Waals surface area (Å²) in [6, 6.07) is 17.0. The van der Waals surface area contributed by atoms with Gasteiger partial charge in [-0.3, -0.25) is 9.69 Å². The number of nitrogens with zero attached hydrogens (tertiary/aromatic N) is 4. The van der Waals surface area contributed by atoms with Gasteiger partial charge in [0.25, 0.3) is 11.9 Å². The first-order chi connectivity index (χ1) is 20.0. The van der Waals surface area contributed by atoms with Gasteiger partial charge in [-0.1, -0.05) is 31.2 Å². The highest BCUT2D eigenvalue weighted by Crippen LogP contribution is 2.33. The van der Waals surface area contributed by atoms with E-state index in [9.17, 15) is 4.79 Å². The van der Waals surface area contributed by atoms with Crippen LogP contribution in [-0.2, 0) is 11.3 Å². The number of fused-ring (bicyclic) bond motifs is 1. The number of likely N-dealkylation sites (N-methyl/N-ethyl adjacent to an activating group) is 1. The molecule has 0 unspecified atom stereocenters. The maximum Gasteiger partial charge on any atom is 0.300 e. The molecule has 2 aliphatic heterocycles. The predicted octanol–water partition coefficient (Wildman–Crippen LogP) is 5.30. The van der Waals surface area contributed by atoms with Gasteiger partial charge in [-0.25, -0.2) is 4.39 Å². The van der Waals surface area contributed by atoms with Crippen molar-refractivity contribution in [3.05, 3.63) is 77.1 Å². The number of carbonyl (C=O) groups excluding carboxylic acids is 1. The number of oxazole rings is 1. The van der Waals surface area contributed by atoms with E-state index in [2.05, 4.69) is 52.1 Å². The lowest BCUT2D eigenvalue weighted by molar-refractivity contribution is 0.0300. The Bertz CT molecular complexity index is 1540. The minimum Gasteiger partial charge on any atom is -0.423 e. The van der Waals surface area contributed by atoms with Crippen LogP contribution in [0.3, 0.4) is 0 Å². The van der Waals surface area contributed by atoms with E-state index in [0.29, 0.717) is 54.5 Å². The van der Waals surface area contributed by atoms with Crippen molar-refractivity contribution >= 4 is 28.7 Å². The minimum absolute atomic E-state index is 0.0600. The Morgan fingerprint density at radius 1 is 0.976 bits per heavy atom. The molecule has 0 bridgehead atoms. The maximum atomic E-state index is 15.1. The van der Waals surface area contributed by atoms with Crippen LogP contribution in [0.1, 0.15) is 28.4 Å². The van der Waals surface area contributed by atoms with E-state index in [1.54, 1.807) is 17.0 Å². The molecule has 3 heterocycles. The Kier molecular flexibility index (Phi) is 8.00. The number of nitrogens with one attached hydrogen (secondary N) is 1. The minimum atomic E-state index is -0.559. The number of hydrogen-bond acceptors (Lipinski definition) is 7. The molecule has 9 heteroatoms. The molecule has 0 spiro atoms. The van der Waals surface area contributed by atoms with Gasteiger partial charge < -0.3 is 24.3 Å². The highest BCUT2D eigenvalue weighted by molar-refractivity contribution is 5.96. The Hall–Kier alpha value is -3.79. The van der Waals surface area contributed by atoms with Gasteiger partial charge in [0.1, 0.15) is 11.3 Å². The van der Waals surface area contributed by atoms with Crippen LogP contribution in [0, 0.1) is 12.7 Å². The number of ether oxygens (including phenoxy) is 1. The zero-order valence-corrected chi connectivity index (χ0v) is 23.7. The molecule has 1 N–H and O–H groups in total. The highest BCUT2D eigenvalue weighted by atomic mass is 19.1. The number of halogens is 1. The summed E-state index contributed by atoms with van der Waals surface area (Å²) in [6.45, 7) is 12.7. The first-order valence-corrected chi connectivity index (χ1v) is 14.4. The number of para-hydroxylation sites is 1. The SMILES string of the molecule is CCN1CCN(Cc2ccc(Nc3nc4cccc(-c5ccc(C(=O)N6CCOCC6)c(F)c5)c4o3)cc2C)CC1. The van der Waals surface area contributed by atoms with Crippen molar-refractivity contribution in [3.8, 4) is 11.1 Å².